The molecule has 17 atom stereocenters. The van der Waals surface area contributed by atoms with Crippen LogP contribution in [-0.2, 0) is 23.8 Å². The van der Waals surface area contributed by atoms with E-state index in [1.807, 2.05) is 27.7 Å². The van der Waals surface area contributed by atoms with Gasteiger partial charge in [-0.3, -0.25) is 9.59 Å². The van der Waals surface area contributed by atoms with Gasteiger partial charge >= 0.3 is 5.97 Å². The van der Waals surface area contributed by atoms with Crippen molar-refractivity contribution in [1.82, 2.24) is 0 Å². The summed E-state index contributed by atoms with van der Waals surface area (Å²) in [5.41, 5.74) is -3.62. The number of ketones is 1. The lowest BCUT2D eigenvalue weighted by Gasteiger charge is -2.61. The number of hydrogen-bond acceptors (Lipinski definition) is 12. The molecular weight excluding hydrogens is 612 g/mol. The van der Waals surface area contributed by atoms with Crippen LogP contribution in [0.5, 0.6) is 0 Å². The van der Waals surface area contributed by atoms with E-state index in [-0.39, 0.29) is 48.3 Å². The Bertz CT molecular complexity index is 1270. The first-order chi connectivity index (χ1) is 21.9. The number of allylic oxidation sites excluding steroid dienone is 1. The Morgan fingerprint density at radius 2 is 1.72 bits per heavy atom. The first kappa shape index (κ1) is 35.3. The number of fused-ring (bicyclic) bond motifs is 5. The number of ether oxygens (including phenoxy) is 3. The van der Waals surface area contributed by atoms with Crippen LogP contribution < -0.4 is 0 Å². The first-order valence-electron chi connectivity index (χ1n) is 17.5. The smallest absolute Gasteiger partial charge is 0.309 e. The summed E-state index contributed by atoms with van der Waals surface area (Å²) in [6.07, 6.45) is -4.85. The van der Waals surface area contributed by atoms with Crippen molar-refractivity contribution in [1.29, 1.82) is 0 Å². The predicted molar refractivity (Wildman–Crippen MR) is 165 cm³/mol. The largest absolute Gasteiger partial charge is 0.459 e. The van der Waals surface area contributed by atoms with Crippen LogP contribution in [0.2, 0.25) is 0 Å². The van der Waals surface area contributed by atoms with Gasteiger partial charge in [-0.25, -0.2) is 0 Å². The van der Waals surface area contributed by atoms with E-state index in [0.29, 0.717) is 37.7 Å². The maximum absolute atomic E-state index is 14.0. The highest BCUT2D eigenvalue weighted by molar-refractivity contribution is 5.95. The molecule has 0 aromatic carbocycles. The second-order valence-corrected chi connectivity index (χ2v) is 16.2. The minimum Gasteiger partial charge on any atom is -0.459 e. The highest BCUT2D eigenvalue weighted by atomic mass is 16.7. The van der Waals surface area contributed by atoms with Crippen molar-refractivity contribution in [3.05, 3.63) is 11.6 Å². The molecule has 266 valence electrons. The van der Waals surface area contributed by atoms with Crippen LogP contribution >= 0.6 is 0 Å². The van der Waals surface area contributed by atoms with Gasteiger partial charge in [-0.05, 0) is 86.7 Å². The van der Waals surface area contributed by atoms with Crippen molar-refractivity contribution in [2.24, 2.45) is 40.4 Å². The Kier molecular flexibility index (Phi) is 9.09. The lowest BCUT2D eigenvalue weighted by molar-refractivity contribution is -0.322. The molecule has 1 unspecified atom stereocenters. The molecule has 12 heteroatoms. The van der Waals surface area contributed by atoms with Crippen molar-refractivity contribution in [2.75, 3.05) is 6.61 Å². The SMILES string of the molecule is CC[C@@H]1C[C@H]([C@](C)(O)[C@H]2CC[C@@]3(O)C4=CC(=O)[C@@H]5C[C@@H](O[C@@H]6O[C@H](CO)[C@@H](O)[C@H](O)[C@H]6O)[C@H](O)C[C@]5(C)[C@H]4CC[C@]23C)OC(=O)C1C. The van der Waals surface area contributed by atoms with Gasteiger partial charge in [-0.1, -0.05) is 34.1 Å². The highest BCUT2D eigenvalue weighted by Gasteiger charge is 2.70. The average Bonchev–Trinajstić information content (AvgIpc) is 3.31. The molecule has 12 nitrogen and oxygen atoms in total. The molecule has 2 saturated heterocycles. The number of rotatable bonds is 6. The Hall–Kier alpha value is -1.48. The van der Waals surface area contributed by atoms with Gasteiger partial charge in [-0.15, -0.1) is 0 Å². The predicted octanol–water partition coefficient (Wildman–Crippen LogP) is 0.744. The van der Waals surface area contributed by atoms with E-state index in [1.54, 1.807) is 13.0 Å². The standard InChI is InChI=1S/C35H54O12/c1-6-17-11-26(47-30(42)16(17)2)34(5,43)25-8-10-35(44)19-12-21(37)20-13-23(45-31-29(41)28(40)27(39)24(15-36)46-31)22(38)14-32(20,3)18(19)7-9-33(25,35)4/h12,16-18,20,22-29,31,36,38-41,43-44H,6-11,13-15H2,1-5H3/t16?,17-,18+,20+,22-,23-,24-,25+,26-,27-,28+,29-,31-,32-,33-,34-,35-/m1/s1. The van der Waals surface area contributed by atoms with Crippen molar-refractivity contribution in [3.8, 4) is 0 Å². The summed E-state index contributed by atoms with van der Waals surface area (Å²) in [7, 11) is 0. The molecule has 7 N–H and O–H groups in total. The monoisotopic (exact) mass is 666 g/mol. The third-order valence-corrected chi connectivity index (χ3v) is 14.0. The number of carbonyl (C=O) groups excluding carboxylic acids is 2. The number of hydrogen-bond donors (Lipinski definition) is 7. The Morgan fingerprint density at radius 1 is 1.02 bits per heavy atom. The normalized spacial score (nSPS) is 52.9. The fourth-order valence-electron chi connectivity index (χ4n) is 10.9. The van der Waals surface area contributed by atoms with E-state index in [9.17, 15) is 45.3 Å². The zero-order valence-electron chi connectivity index (χ0n) is 28.1. The number of aliphatic hydroxyl groups is 7. The molecule has 2 aliphatic heterocycles. The third-order valence-electron chi connectivity index (χ3n) is 14.0. The van der Waals surface area contributed by atoms with Gasteiger partial charge in [0.1, 0.15) is 36.1 Å². The fourth-order valence-corrected chi connectivity index (χ4v) is 10.9. The third kappa shape index (κ3) is 5.19. The molecule has 2 heterocycles. The van der Waals surface area contributed by atoms with E-state index < -0.39 is 83.6 Å². The Labute approximate surface area is 276 Å². The van der Waals surface area contributed by atoms with Crippen LogP contribution in [0, 0.1) is 40.4 Å². The summed E-state index contributed by atoms with van der Waals surface area (Å²) in [6.45, 7) is 8.98. The molecule has 0 aromatic rings. The van der Waals surface area contributed by atoms with Crippen molar-refractivity contribution >= 4 is 11.8 Å². The number of aliphatic hydroxyl groups excluding tert-OH is 5. The molecule has 6 rings (SSSR count). The lowest BCUT2D eigenvalue weighted by Crippen LogP contribution is -2.64. The summed E-state index contributed by atoms with van der Waals surface area (Å²) >= 11 is 0. The van der Waals surface area contributed by atoms with Gasteiger partial charge in [0.2, 0.25) is 0 Å². The molecule has 0 aromatic heterocycles. The van der Waals surface area contributed by atoms with Crippen molar-refractivity contribution < 1.29 is 59.5 Å². The maximum atomic E-state index is 14.0. The lowest BCUT2D eigenvalue weighted by atomic mass is 9.45. The van der Waals surface area contributed by atoms with Crippen molar-refractivity contribution in [3.63, 3.8) is 0 Å². The summed E-state index contributed by atoms with van der Waals surface area (Å²) < 4.78 is 17.3. The van der Waals surface area contributed by atoms with Crippen molar-refractivity contribution in [2.45, 2.75) is 146 Å². The van der Waals surface area contributed by atoms with Crippen LogP contribution in [0.4, 0.5) is 0 Å². The second kappa shape index (κ2) is 12.1. The summed E-state index contributed by atoms with van der Waals surface area (Å²) in [6, 6.07) is 0. The second-order valence-electron chi connectivity index (χ2n) is 16.2. The number of carbonyl (C=O) groups is 2. The Balaban J connectivity index is 1.24. The van der Waals surface area contributed by atoms with Crippen LogP contribution in [0.1, 0.15) is 86.0 Å². The van der Waals surface area contributed by atoms with Gasteiger partial charge in [0.15, 0.2) is 12.1 Å². The average molecular weight is 667 g/mol. The molecule has 0 spiro atoms. The van der Waals surface area contributed by atoms with Crippen LogP contribution in [0.15, 0.2) is 11.6 Å². The molecule has 0 radical (unpaired) electrons. The van der Waals surface area contributed by atoms with Crippen LogP contribution in [0.3, 0.4) is 0 Å². The quantitative estimate of drug-likeness (QED) is 0.196. The molecule has 5 fully saturated rings. The van der Waals surface area contributed by atoms with E-state index in [2.05, 4.69) is 0 Å². The Morgan fingerprint density at radius 3 is 2.38 bits per heavy atom. The minimum absolute atomic E-state index is 0.0957. The maximum Gasteiger partial charge on any atom is 0.309 e. The summed E-state index contributed by atoms with van der Waals surface area (Å²) in [5.74, 6) is -1.80. The molecular formula is C35H54O12. The molecule has 47 heavy (non-hydrogen) atoms. The van der Waals surface area contributed by atoms with Crippen LogP contribution in [0.25, 0.3) is 0 Å². The van der Waals surface area contributed by atoms with E-state index in [0.717, 1.165) is 6.42 Å². The van der Waals surface area contributed by atoms with Gasteiger partial charge in [-0.2, -0.15) is 0 Å². The van der Waals surface area contributed by atoms with E-state index in [4.69, 9.17) is 14.2 Å². The zero-order valence-corrected chi connectivity index (χ0v) is 28.1. The van der Waals surface area contributed by atoms with Gasteiger partial charge in [0.25, 0.3) is 0 Å². The number of cyclic esters (lactones) is 1. The van der Waals surface area contributed by atoms with E-state index >= 15 is 0 Å². The fraction of sp³-hybridized carbons (Fsp3) is 0.886. The summed E-state index contributed by atoms with van der Waals surface area (Å²) in [4.78, 5) is 26.7. The minimum atomic E-state index is -1.63. The molecule has 6 aliphatic rings. The topological polar surface area (TPSA) is 203 Å². The molecule has 0 amide bonds. The van der Waals surface area contributed by atoms with Gasteiger partial charge < -0.3 is 50.0 Å². The summed E-state index contributed by atoms with van der Waals surface area (Å²) in [5, 5.41) is 76.6. The molecule has 3 saturated carbocycles. The highest BCUT2D eigenvalue weighted by Crippen LogP contribution is 2.69. The molecule has 0 bridgehead atoms. The van der Waals surface area contributed by atoms with Crippen LogP contribution in [-0.4, -0.2) is 114 Å². The van der Waals surface area contributed by atoms with Gasteiger partial charge in [0, 0.05) is 11.3 Å². The number of esters is 1. The van der Waals surface area contributed by atoms with Gasteiger partial charge in [0.05, 0.1) is 30.3 Å². The zero-order chi connectivity index (χ0) is 34.4. The molecule has 4 aliphatic carbocycles. The first-order valence-corrected chi connectivity index (χ1v) is 17.5. The van der Waals surface area contributed by atoms with E-state index in [1.165, 1.54) is 0 Å².